The van der Waals surface area contributed by atoms with Gasteiger partial charge in [-0.2, -0.15) is 0 Å². The molecule has 1 aromatic rings. The predicted molar refractivity (Wildman–Crippen MR) is 63.7 cm³/mol. The van der Waals surface area contributed by atoms with Crippen LogP contribution in [-0.2, 0) is 4.74 Å². The molecule has 1 aliphatic rings. The predicted octanol–water partition coefficient (Wildman–Crippen LogP) is -0.160. The third kappa shape index (κ3) is 2.21. The molecule has 0 aliphatic carbocycles. The summed E-state index contributed by atoms with van der Waals surface area (Å²) >= 11 is 2.13. The summed E-state index contributed by atoms with van der Waals surface area (Å²) < 4.78 is 6.33. The molecule has 0 spiro atoms. The summed E-state index contributed by atoms with van der Waals surface area (Å²) in [7, 11) is 0. The number of nitrogens with zero attached hydrogens (tertiary/aromatic N) is 1. The van der Waals surface area contributed by atoms with Crippen LogP contribution < -0.4 is 0 Å². The molecule has 88 valence electrons. The summed E-state index contributed by atoms with van der Waals surface area (Å²) in [6, 6.07) is 3.58. The molecule has 0 saturated carbocycles. The summed E-state index contributed by atoms with van der Waals surface area (Å²) in [5, 5.41) is 28.3. The van der Waals surface area contributed by atoms with Crippen molar-refractivity contribution in [1.29, 1.82) is 0 Å². The standard InChI is InChI=1S/C10H12INO4/c11-5-1-2-6(12-3-5)10-9(15)8(14)7(4-13)16-10/h1-3,7-10,13-15H,4H2/t7-,8-,9-,10-/m1/s1. The first kappa shape index (κ1) is 12.2. The van der Waals surface area contributed by atoms with Gasteiger partial charge in [0, 0.05) is 9.77 Å². The average Bonchev–Trinajstić information content (AvgIpc) is 2.57. The van der Waals surface area contributed by atoms with Gasteiger partial charge in [0.05, 0.1) is 12.3 Å². The van der Waals surface area contributed by atoms with Crippen LogP contribution in [0.5, 0.6) is 0 Å². The number of ether oxygens (including phenoxy) is 1. The molecular formula is C10H12INO4. The molecule has 2 rings (SSSR count). The maximum absolute atomic E-state index is 9.75. The molecule has 1 aromatic heterocycles. The summed E-state index contributed by atoms with van der Waals surface area (Å²) in [5.41, 5.74) is 0.558. The van der Waals surface area contributed by atoms with Crippen molar-refractivity contribution in [2.75, 3.05) is 6.61 Å². The molecule has 1 aliphatic heterocycles. The lowest BCUT2D eigenvalue weighted by Crippen LogP contribution is -2.32. The molecule has 5 nitrogen and oxygen atoms in total. The monoisotopic (exact) mass is 337 g/mol. The van der Waals surface area contributed by atoms with Crippen LogP contribution in [0.25, 0.3) is 0 Å². The summed E-state index contributed by atoms with van der Waals surface area (Å²) in [4.78, 5) is 4.13. The minimum absolute atomic E-state index is 0.320. The minimum Gasteiger partial charge on any atom is -0.394 e. The molecule has 3 N–H and O–H groups in total. The second-order valence-corrected chi connectivity index (χ2v) is 4.91. The molecule has 16 heavy (non-hydrogen) atoms. The van der Waals surface area contributed by atoms with Gasteiger partial charge < -0.3 is 20.1 Å². The molecule has 0 radical (unpaired) electrons. The van der Waals surface area contributed by atoms with Crippen LogP contribution in [0.4, 0.5) is 0 Å². The Kier molecular flexibility index (Phi) is 3.75. The Labute approximate surface area is 106 Å². The highest BCUT2D eigenvalue weighted by molar-refractivity contribution is 14.1. The van der Waals surface area contributed by atoms with E-state index in [1.165, 1.54) is 0 Å². The zero-order valence-corrected chi connectivity index (χ0v) is 10.5. The second kappa shape index (κ2) is 4.92. The zero-order chi connectivity index (χ0) is 11.7. The number of aromatic nitrogens is 1. The Balaban J connectivity index is 2.19. The van der Waals surface area contributed by atoms with Crippen LogP contribution in [0.3, 0.4) is 0 Å². The molecule has 4 atom stereocenters. The average molecular weight is 337 g/mol. The van der Waals surface area contributed by atoms with Gasteiger partial charge in [-0.3, -0.25) is 4.98 Å². The molecule has 2 heterocycles. The van der Waals surface area contributed by atoms with Gasteiger partial charge in [0.2, 0.25) is 0 Å². The van der Waals surface area contributed by atoms with E-state index in [9.17, 15) is 10.2 Å². The van der Waals surface area contributed by atoms with Gasteiger partial charge >= 0.3 is 0 Å². The Morgan fingerprint density at radius 3 is 2.56 bits per heavy atom. The normalized spacial score (nSPS) is 34.2. The fourth-order valence-electron chi connectivity index (χ4n) is 1.70. The van der Waals surface area contributed by atoms with Gasteiger partial charge in [0.25, 0.3) is 0 Å². The van der Waals surface area contributed by atoms with Crippen molar-refractivity contribution in [3.8, 4) is 0 Å². The number of aliphatic hydroxyl groups is 3. The molecular weight excluding hydrogens is 325 g/mol. The zero-order valence-electron chi connectivity index (χ0n) is 8.32. The fourth-order valence-corrected chi connectivity index (χ4v) is 2.02. The number of hydrogen-bond donors (Lipinski definition) is 3. The SMILES string of the molecule is OC[C@H]1O[C@H](c2ccc(I)cn2)[C@H](O)[C@@H]1O. The second-order valence-electron chi connectivity index (χ2n) is 3.66. The lowest BCUT2D eigenvalue weighted by Gasteiger charge is -2.13. The van der Waals surface area contributed by atoms with Crippen molar-refractivity contribution < 1.29 is 20.1 Å². The summed E-state index contributed by atoms with van der Waals surface area (Å²) in [6.45, 7) is -0.320. The third-order valence-electron chi connectivity index (χ3n) is 2.58. The molecule has 0 amide bonds. The van der Waals surface area contributed by atoms with Crippen LogP contribution >= 0.6 is 22.6 Å². The molecule has 0 aromatic carbocycles. The number of halogens is 1. The molecule has 1 saturated heterocycles. The molecule has 6 heteroatoms. The first-order valence-corrected chi connectivity index (χ1v) is 5.95. The van der Waals surface area contributed by atoms with Gasteiger partial charge in [-0.15, -0.1) is 0 Å². The lowest BCUT2D eigenvalue weighted by atomic mass is 10.1. The topological polar surface area (TPSA) is 82.8 Å². The van der Waals surface area contributed by atoms with Crippen LogP contribution in [0.15, 0.2) is 18.3 Å². The Morgan fingerprint density at radius 1 is 1.31 bits per heavy atom. The van der Waals surface area contributed by atoms with E-state index in [1.54, 1.807) is 12.3 Å². The van der Waals surface area contributed by atoms with Gasteiger partial charge in [0.1, 0.15) is 24.4 Å². The molecule has 0 bridgehead atoms. The Bertz CT molecular complexity index is 358. The first-order valence-electron chi connectivity index (χ1n) is 4.87. The van der Waals surface area contributed by atoms with Crippen molar-refractivity contribution >= 4 is 22.6 Å². The largest absolute Gasteiger partial charge is 0.394 e. The van der Waals surface area contributed by atoms with E-state index < -0.39 is 24.4 Å². The fraction of sp³-hybridized carbons (Fsp3) is 0.500. The van der Waals surface area contributed by atoms with Gasteiger partial charge in [-0.1, -0.05) is 0 Å². The van der Waals surface area contributed by atoms with Crippen molar-refractivity contribution in [2.24, 2.45) is 0 Å². The van der Waals surface area contributed by atoms with Gasteiger partial charge in [0.15, 0.2) is 0 Å². The van der Waals surface area contributed by atoms with Crippen LogP contribution in [0.2, 0.25) is 0 Å². The lowest BCUT2D eigenvalue weighted by molar-refractivity contribution is -0.0239. The van der Waals surface area contributed by atoms with E-state index in [0.29, 0.717) is 5.69 Å². The van der Waals surface area contributed by atoms with Crippen molar-refractivity contribution in [1.82, 2.24) is 4.98 Å². The third-order valence-corrected chi connectivity index (χ3v) is 3.22. The smallest absolute Gasteiger partial charge is 0.128 e. The maximum Gasteiger partial charge on any atom is 0.128 e. The van der Waals surface area contributed by atoms with Crippen LogP contribution in [0, 0.1) is 3.57 Å². The minimum atomic E-state index is -1.07. The highest BCUT2D eigenvalue weighted by Gasteiger charge is 2.43. The number of hydrogen-bond acceptors (Lipinski definition) is 5. The van der Waals surface area contributed by atoms with E-state index in [-0.39, 0.29) is 6.61 Å². The first-order chi connectivity index (χ1) is 7.63. The molecule has 1 fully saturated rings. The van der Waals surface area contributed by atoms with Gasteiger partial charge in [-0.25, -0.2) is 0 Å². The highest BCUT2D eigenvalue weighted by atomic mass is 127. The van der Waals surface area contributed by atoms with Gasteiger partial charge in [-0.05, 0) is 34.7 Å². The Morgan fingerprint density at radius 2 is 2.06 bits per heavy atom. The summed E-state index contributed by atoms with van der Waals surface area (Å²) in [6.07, 6.45) is -1.89. The molecule has 0 unspecified atom stereocenters. The van der Waals surface area contributed by atoms with E-state index in [0.717, 1.165) is 3.57 Å². The summed E-state index contributed by atoms with van der Waals surface area (Å²) in [5.74, 6) is 0. The van der Waals surface area contributed by atoms with E-state index in [4.69, 9.17) is 9.84 Å². The van der Waals surface area contributed by atoms with Crippen LogP contribution in [0.1, 0.15) is 11.8 Å². The van der Waals surface area contributed by atoms with E-state index >= 15 is 0 Å². The Hall–Kier alpha value is -0.280. The number of rotatable bonds is 2. The van der Waals surface area contributed by atoms with E-state index in [2.05, 4.69) is 27.6 Å². The van der Waals surface area contributed by atoms with Crippen molar-refractivity contribution in [2.45, 2.75) is 24.4 Å². The van der Waals surface area contributed by atoms with E-state index in [1.807, 2.05) is 6.07 Å². The van der Waals surface area contributed by atoms with Crippen molar-refractivity contribution in [3.63, 3.8) is 0 Å². The maximum atomic E-state index is 9.75. The number of aliphatic hydroxyl groups excluding tert-OH is 3. The quantitative estimate of drug-likeness (QED) is 0.654. The van der Waals surface area contributed by atoms with Crippen molar-refractivity contribution in [3.05, 3.63) is 27.6 Å². The highest BCUT2D eigenvalue weighted by Crippen LogP contribution is 2.32. The van der Waals surface area contributed by atoms with Crippen LogP contribution in [-0.4, -0.2) is 45.2 Å². The number of pyridine rings is 1.